The second-order valence-electron chi connectivity index (χ2n) is 4.49. The van der Waals surface area contributed by atoms with E-state index in [1.54, 1.807) is 0 Å². The number of rotatable bonds is 6. The van der Waals surface area contributed by atoms with Crippen molar-refractivity contribution in [1.29, 1.82) is 0 Å². The van der Waals surface area contributed by atoms with Crippen LogP contribution in [0.5, 0.6) is 0 Å². The van der Waals surface area contributed by atoms with Crippen LogP contribution in [-0.2, 0) is 9.59 Å². The zero-order valence-corrected chi connectivity index (χ0v) is 9.98. The summed E-state index contributed by atoms with van der Waals surface area (Å²) in [5.74, 6) is -1.63. The lowest BCUT2D eigenvalue weighted by Gasteiger charge is -2.18. The third kappa shape index (κ3) is 4.70. The molecule has 2 unspecified atom stereocenters. The number of carboxylic acid groups (broad SMARTS) is 1. The highest BCUT2D eigenvalue weighted by Crippen LogP contribution is 2.17. The Morgan fingerprint density at radius 2 is 1.94 bits per heavy atom. The number of hydrogen-bond acceptors (Lipinski definition) is 4. The lowest BCUT2D eigenvalue weighted by atomic mass is 10.2. The molecule has 1 aliphatic rings. The molecule has 1 aliphatic carbocycles. The molecule has 0 aromatic heterocycles. The van der Waals surface area contributed by atoms with E-state index in [1.165, 1.54) is 19.8 Å². The number of nitrogens with one attached hydrogen (secondary N) is 2. The van der Waals surface area contributed by atoms with Crippen LogP contribution < -0.4 is 10.6 Å². The smallest absolute Gasteiger partial charge is 0.328 e. The number of carboxylic acids is 1. The van der Waals surface area contributed by atoms with Gasteiger partial charge in [0.2, 0.25) is 5.91 Å². The Morgan fingerprint density at radius 3 is 2.41 bits per heavy atom. The van der Waals surface area contributed by atoms with E-state index in [0.29, 0.717) is 6.04 Å². The highest BCUT2D eigenvalue weighted by atomic mass is 16.4. The molecule has 0 aromatic carbocycles. The average molecular weight is 244 g/mol. The summed E-state index contributed by atoms with van der Waals surface area (Å²) in [5.41, 5.74) is 0. The predicted molar refractivity (Wildman–Crippen MR) is 61.5 cm³/mol. The Hall–Kier alpha value is -1.14. The molecule has 0 spiro atoms. The Morgan fingerprint density at radius 1 is 1.35 bits per heavy atom. The molecule has 17 heavy (non-hydrogen) atoms. The molecule has 98 valence electrons. The fourth-order valence-corrected chi connectivity index (χ4v) is 1.98. The number of hydrogen-bond donors (Lipinski definition) is 4. The molecule has 1 saturated carbocycles. The van der Waals surface area contributed by atoms with Gasteiger partial charge in [0.05, 0.1) is 12.6 Å². The maximum Gasteiger partial charge on any atom is 0.328 e. The van der Waals surface area contributed by atoms with Crippen molar-refractivity contribution in [3.63, 3.8) is 0 Å². The summed E-state index contributed by atoms with van der Waals surface area (Å²) in [5, 5.41) is 23.3. The zero-order chi connectivity index (χ0) is 12.8. The first kappa shape index (κ1) is 13.9. The number of carbonyl (C=O) groups is 2. The molecule has 2 atom stereocenters. The molecule has 0 saturated heterocycles. The van der Waals surface area contributed by atoms with Gasteiger partial charge in [0.1, 0.15) is 0 Å². The van der Waals surface area contributed by atoms with Gasteiger partial charge in [-0.15, -0.1) is 0 Å². The van der Waals surface area contributed by atoms with E-state index in [0.717, 1.165) is 12.8 Å². The molecule has 1 amide bonds. The molecule has 6 nitrogen and oxygen atoms in total. The lowest BCUT2D eigenvalue weighted by Crippen LogP contribution is -2.50. The molecule has 6 heteroatoms. The van der Waals surface area contributed by atoms with Gasteiger partial charge in [-0.2, -0.15) is 0 Å². The van der Waals surface area contributed by atoms with E-state index in [-0.39, 0.29) is 6.54 Å². The van der Waals surface area contributed by atoms with Crippen molar-refractivity contribution in [2.75, 3.05) is 6.54 Å². The zero-order valence-electron chi connectivity index (χ0n) is 9.98. The second-order valence-corrected chi connectivity index (χ2v) is 4.49. The van der Waals surface area contributed by atoms with Crippen LogP contribution in [0.1, 0.15) is 32.6 Å². The van der Waals surface area contributed by atoms with E-state index in [2.05, 4.69) is 10.6 Å². The van der Waals surface area contributed by atoms with E-state index in [4.69, 9.17) is 5.11 Å². The number of aliphatic carboxylic acids is 1. The summed E-state index contributed by atoms with van der Waals surface area (Å²) < 4.78 is 0. The summed E-state index contributed by atoms with van der Waals surface area (Å²) in [4.78, 5) is 22.2. The maximum absolute atomic E-state index is 11.5. The normalized spacial score (nSPS) is 19.9. The SMILES string of the molecule is CC(O)C(NC(=O)CNC1CCCC1)C(=O)O. The summed E-state index contributed by atoms with van der Waals surface area (Å²) in [7, 11) is 0. The van der Waals surface area contributed by atoms with Crippen LogP contribution in [0.25, 0.3) is 0 Å². The molecular formula is C11H20N2O4. The highest BCUT2D eigenvalue weighted by molar-refractivity contribution is 5.85. The third-order valence-corrected chi connectivity index (χ3v) is 2.97. The van der Waals surface area contributed by atoms with Crippen molar-refractivity contribution in [2.45, 2.75) is 50.8 Å². The number of carbonyl (C=O) groups excluding carboxylic acids is 1. The van der Waals surface area contributed by atoms with Crippen molar-refractivity contribution in [3.8, 4) is 0 Å². The Kier molecular flexibility index (Phi) is 5.37. The van der Waals surface area contributed by atoms with Crippen LogP contribution in [0.4, 0.5) is 0 Å². The van der Waals surface area contributed by atoms with Gasteiger partial charge < -0.3 is 20.8 Å². The van der Waals surface area contributed by atoms with Gasteiger partial charge in [0.25, 0.3) is 0 Å². The van der Waals surface area contributed by atoms with Crippen LogP contribution in [0.2, 0.25) is 0 Å². The first-order valence-electron chi connectivity index (χ1n) is 5.94. The number of amides is 1. The minimum atomic E-state index is -1.24. The largest absolute Gasteiger partial charge is 0.480 e. The molecule has 0 radical (unpaired) electrons. The summed E-state index contributed by atoms with van der Waals surface area (Å²) >= 11 is 0. The van der Waals surface area contributed by atoms with Crippen LogP contribution >= 0.6 is 0 Å². The molecule has 4 N–H and O–H groups in total. The summed E-state index contributed by atoms with van der Waals surface area (Å²) in [6.07, 6.45) is 3.36. The molecule has 0 bridgehead atoms. The van der Waals surface area contributed by atoms with Gasteiger partial charge in [0.15, 0.2) is 6.04 Å². The standard InChI is InChI=1S/C11H20N2O4/c1-7(14)10(11(16)17)13-9(15)6-12-8-4-2-3-5-8/h7-8,10,12,14H,2-6H2,1H3,(H,13,15)(H,16,17). The lowest BCUT2D eigenvalue weighted by molar-refractivity contribution is -0.144. The van der Waals surface area contributed by atoms with E-state index in [9.17, 15) is 14.7 Å². The van der Waals surface area contributed by atoms with Crippen LogP contribution in [0.15, 0.2) is 0 Å². The minimum Gasteiger partial charge on any atom is -0.480 e. The van der Waals surface area contributed by atoms with E-state index >= 15 is 0 Å². The Labute approximate surface area is 100 Å². The predicted octanol–water partition coefficient (Wildman–Crippen LogP) is -0.531. The molecule has 0 aromatic rings. The molecule has 1 fully saturated rings. The summed E-state index contributed by atoms with van der Waals surface area (Å²) in [6.45, 7) is 1.44. The van der Waals surface area contributed by atoms with Crippen LogP contribution in [0.3, 0.4) is 0 Å². The van der Waals surface area contributed by atoms with E-state index in [1.807, 2.05) is 0 Å². The topological polar surface area (TPSA) is 98.7 Å². The van der Waals surface area contributed by atoms with Gasteiger partial charge in [-0.05, 0) is 19.8 Å². The molecule has 1 rings (SSSR count). The van der Waals surface area contributed by atoms with Crippen LogP contribution in [-0.4, -0.2) is 46.8 Å². The van der Waals surface area contributed by atoms with E-state index < -0.39 is 24.0 Å². The van der Waals surface area contributed by atoms with Crippen LogP contribution in [0, 0.1) is 0 Å². The Balaban J connectivity index is 2.29. The fraction of sp³-hybridized carbons (Fsp3) is 0.818. The number of aliphatic hydroxyl groups is 1. The quantitative estimate of drug-likeness (QED) is 0.503. The van der Waals surface area contributed by atoms with Gasteiger partial charge in [-0.25, -0.2) is 4.79 Å². The second kappa shape index (κ2) is 6.56. The first-order valence-corrected chi connectivity index (χ1v) is 5.94. The van der Waals surface area contributed by atoms with Gasteiger partial charge >= 0.3 is 5.97 Å². The van der Waals surface area contributed by atoms with Crippen molar-refractivity contribution < 1.29 is 19.8 Å². The molecular weight excluding hydrogens is 224 g/mol. The van der Waals surface area contributed by atoms with Crippen molar-refractivity contribution in [3.05, 3.63) is 0 Å². The highest BCUT2D eigenvalue weighted by Gasteiger charge is 2.25. The first-order chi connectivity index (χ1) is 8.00. The van der Waals surface area contributed by atoms with Crippen molar-refractivity contribution >= 4 is 11.9 Å². The van der Waals surface area contributed by atoms with Gasteiger partial charge in [-0.3, -0.25) is 4.79 Å². The molecule has 0 aliphatic heterocycles. The van der Waals surface area contributed by atoms with Crippen molar-refractivity contribution in [1.82, 2.24) is 10.6 Å². The minimum absolute atomic E-state index is 0.0984. The third-order valence-electron chi connectivity index (χ3n) is 2.97. The number of aliphatic hydroxyl groups excluding tert-OH is 1. The molecule has 0 heterocycles. The fourth-order valence-electron chi connectivity index (χ4n) is 1.98. The summed E-state index contributed by atoms with van der Waals surface area (Å²) in [6, 6.07) is -0.886. The average Bonchev–Trinajstić information content (AvgIpc) is 2.74. The van der Waals surface area contributed by atoms with Gasteiger partial charge in [-0.1, -0.05) is 12.8 Å². The van der Waals surface area contributed by atoms with Crippen molar-refractivity contribution in [2.24, 2.45) is 0 Å². The maximum atomic E-state index is 11.5. The Bertz CT molecular complexity index is 275. The monoisotopic (exact) mass is 244 g/mol. The van der Waals surface area contributed by atoms with Gasteiger partial charge in [0, 0.05) is 6.04 Å².